The van der Waals surface area contributed by atoms with Crippen molar-refractivity contribution in [1.82, 2.24) is 10.6 Å². The average molecular weight is 439 g/mol. The number of allylic oxidation sites excluding steroid dienone is 1. The Morgan fingerprint density at radius 3 is 2.31 bits per heavy atom. The van der Waals surface area contributed by atoms with Crippen LogP contribution in [0.2, 0.25) is 0 Å². The van der Waals surface area contributed by atoms with Gasteiger partial charge >= 0.3 is 12.0 Å². The van der Waals surface area contributed by atoms with Crippen LogP contribution in [0, 0.1) is 0 Å². The molecular formula is C25H30N2O5. The molecule has 0 saturated heterocycles. The van der Waals surface area contributed by atoms with Gasteiger partial charge in [0.05, 0.1) is 25.8 Å². The molecule has 2 amide bonds. The Balaban J connectivity index is 1.82. The van der Waals surface area contributed by atoms with E-state index in [9.17, 15) is 9.59 Å². The van der Waals surface area contributed by atoms with Gasteiger partial charge in [-0.2, -0.15) is 0 Å². The molecule has 1 heterocycles. The zero-order valence-corrected chi connectivity index (χ0v) is 19.4. The molecule has 0 radical (unpaired) electrons. The first-order valence-corrected chi connectivity index (χ1v) is 10.4. The molecular weight excluding hydrogens is 408 g/mol. The predicted octanol–water partition coefficient (Wildman–Crippen LogP) is 4.37. The highest BCUT2D eigenvalue weighted by atomic mass is 16.5. The number of hydrogen-bond acceptors (Lipinski definition) is 5. The van der Waals surface area contributed by atoms with Crippen LogP contribution in [-0.2, 0) is 21.6 Å². The predicted molar refractivity (Wildman–Crippen MR) is 122 cm³/mol. The number of ether oxygens (including phenoxy) is 3. The first kappa shape index (κ1) is 23.2. The first-order valence-electron chi connectivity index (χ1n) is 10.4. The van der Waals surface area contributed by atoms with Gasteiger partial charge in [0, 0.05) is 5.70 Å². The Morgan fingerprint density at radius 2 is 1.72 bits per heavy atom. The van der Waals surface area contributed by atoms with Gasteiger partial charge in [-0.25, -0.2) is 9.59 Å². The summed E-state index contributed by atoms with van der Waals surface area (Å²) in [7, 11) is 2.86. The molecule has 170 valence electrons. The van der Waals surface area contributed by atoms with Gasteiger partial charge in [-0.1, -0.05) is 51.1 Å². The maximum Gasteiger partial charge on any atom is 0.337 e. The Bertz CT molecular complexity index is 1040. The van der Waals surface area contributed by atoms with Crippen molar-refractivity contribution >= 4 is 12.0 Å². The van der Waals surface area contributed by atoms with E-state index in [2.05, 4.69) is 55.7 Å². The van der Waals surface area contributed by atoms with E-state index >= 15 is 0 Å². The zero-order valence-electron chi connectivity index (χ0n) is 19.4. The molecule has 3 rings (SSSR count). The summed E-state index contributed by atoms with van der Waals surface area (Å²) < 4.78 is 16.4. The highest BCUT2D eigenvalue weighted by molar-refractivity contribution is 5.95. The van der Waals surface area contributed by atoms with Crippen molar-refractivity contribution in [2.45, 2.75) is 45.8 Å². The zero-order chi connectivity index (χ0) is 23.5. The molecule has 0 fully saturated rings. The molecule has 7 nitrogen and oxygen atoms in total. The maximum absolute atomic E-state index is 12.3. The third-order valence-electron chi connectivity index (χ3n) is 5.41. The molecule has 1 aliphatic rings. The average Bonchev–Trinajstić information content (AvgIpc) is 2.76. The highest BCUT2D eigenvalue weighted by Crippen LogP contribution is 2.35. The standard InChI is InChI=1S/C25H30N2O5/c1-15-21(23(28)31-6)22(27-24(29)26-15)17-9-12-19(20(13-17)30-5)32-14-16-7-10-18(11-8-16)25(2,3)4/h7-13,22H,14H2,1-6H3,(H2,26,27,29). The van der Waals surface area contributed by atoms with Gasteiger partial charge in [0.25, 0.3) is 0 Å². The maximum atomic E-state index is 12.3. The number of amides is 2. The van der Waals surface area contributed by atoms with Crippen molar-refractivity contribution in [3.8, 4) is 11.5 Å². The second kappa shape index (κ2) is 9.34. The fourth-order valence-corrected chi connectivity index (χ4v) is 3.57. The van der Waals surface area contributed by atoms with Crippen LogP contribution in [-0.4, -0.2) is 26.2 Å². The Kier molecular flexibility index (Phi) is 6.77. The molecule has 2 aromatic carbocycles. The van der Waals surface area contributed by atoms with Gasteiger partial charge in [-0.3, -0.25) is 0 Å². The number of methoxy groups -OCH3 is 2. The molecule has 1 atom stereocenters. The van der Waals surface area contributed by atoms with Crippen molar-refractivity contribution in [3.05, 3.63) is 70.4 Å². The number of carbonyl (C=O) groups excluding carboxylic acids is 2. The van der Waals surface area contributed by atoms with E-state index in [-0.39, 0.29) is 5.41 Å². The van der Waals surface area contributed by atoms with Crippen LogP contribution in [0.3, 0.4) is 0 Å². The molecule has 1 aliphatic heterocycles. The van der Waals surface area contributed by atoms with Crippen molar-refractivity contribution in [2.24, 2.45) is 0 Å². The lowest BCUT2D eigenvalue weighted by Crippen LogP contribution is -2.45. The lowest BCUT2D eigenvalue weighted by Gasteiger charge is -2.28. The van der Waals surface area contributed by atoms with Crippen LogP contribution < -0.4 is 20.1 Å². The Hall–Kier alpha value is -3.48. The van der Waals surface area contributed by atoms with Crippen LogP contribution in [0.5, 0.6) is 11.5 Å². The lowest BCUT2D eigenvalue weighted by molar-refractivity contribution is -0.136. The molecule has 0 saturated carbocycles. The first-order chi connectivity index (χ1) is 15.1. The van der Waals surface area contributed by atoms with E-state index in [0.29, 0.717) is 34.9 Å². The van der Waals surface area contributed by atoms with Crippen molar-refractivity contribution < 1.29 is 23.8 Å². The fraction of sp³-hybridized carbons (Fsp3) is 0.360. The second-order valence-electron chi connectivity index (χ2n) is 8.71. The normalized spacial score (nSPS) is 16.2. The summed E-state index contributed by atoms with van der Waals surface area (Å²) in [4.78, 5) is 24.3. The highest BCUT2D eigenvalue weighted by Gasteiger charge is 2.32. The minimum Gasteiger partial charge on any atom is -0.493 e. The number of hydrogen-bond donors (Lipinski definition) is 2. The number of benzene rings is 2. The third-order valence-corrected chi connectivity index (χ3v) is 5.41. The van der Waals surface area contributed by atoms with Gasteiger partial charge in [0.1, 0.15) is 6.61 Å². The molecule has 0 spiro atoms. The van der Waals surface area contributed by atoms with E-state index in [0.717, 1.165) is 5.56 Å². The van der Waals surface area contributed by atoms with Gasteiger partial charge < -0.3 is 24.8 Å². The molecule has 0 aliphatic carbocycles. The SMILES string of the molecule is COC(=O)C1=C(C)NC(=O)NC1c1ccc(OCc2ccc(C(C)(C)C)cc2)c(OC)c1. The van der Waals surface area contributed by atoms with Crippen molar-refractivity contribution in [3.63, 3.8) is 0 Å². The largest absolute Gasteiger partial charge is 0.493 e. The second-order valence-corrected chi connectivity index (χ2v) is 8.71. The minimum atomic E-state index is -0.663. The van der Waals surface area contributed by atoms with E-state index in [1.54, 1.807) is 32.2 Å². The fourth-order valence-electron chi connectivity index (χ4n) is 3.57. The number of nitrogens with one attached hydrogen (secondary N) is 2. The monoisotopic (exact) mass is 438 g/mol. The molecule has 7 heteroatoms. The minimum absolute atomic E-state index is 0.0956. The molecule has 2 aromatic rings. The molecule has 2 N–H and O–H groups in total. The van der Waals surface area contributed by atoms with Crippen LogP contribution in [0.4, 0.5) is 4.79 Å². The van der Waals surface area contributed by atoms with Gasteiger partial charge in [-0.05, 0) is 41.2 Å². The smallest absolute Gasteiger partial charge is 0.337 e. The summed E-state index contributed by atoms with van der Waals surface area (Å²) in [5, 5.41) is 5.38. The van der Waals surface area contributed by atoms with Crippen molar-refractivity contribution in [2.75, 3.05) is 14.2 Å². The topological polar surface area (TPSA) is 85.9 Å². The molecule has 1 unspecified atom stereocenters. The summed E-state index contributed by atoms with van der Waals surface area (Å²) in [6.07, 6.45) is 0. The Morgan fingerprint density at radius 1 is 1.03 bits per heavy atom. The van der Waals surface area contributed by atoms with E-state index in [1.807, 2.05) is 0 Å². The van der Waals surface area contributed by atoms with Gasteiger partial charge in [0.15, 0.2) is 11.5 Å². The van der Waals surface area contributed by atoms with Crippen LogP contribution in [0.25, 0.3) is 0 Å². The molecule has 0 aromatic heterocycles. The summed E-state index contributed by atoms with van der Waals surface area (Å²) in [5.74, 6) is 0.554. The van der Waals surface area contributed by atoms with Crippen LogP contribution in [0.1, 0.15) is 50.4 Å². The summed E-state index contributed by atoms with van der Waals surface area (Å²) in [5.41, 5.74) is 3.86. The molecule has 0 bridgehead atoms. The summed E-state index contributed by atoms with van der Waals surface area (Å²) in [6.45, 7) is 8.59. The van der Waals surface area contributed by atoms with E-state index < -0.39 is 18.0 Å². The number of rotatable bonds is 6. The van der Waals surface area contributed by atoms with Crippen molar-refractivity contribution in [1.29, 1.82) is 0 Å². The van der Waals surface area contributed by atoms with Gasteiger partial charge in [-0.15, -0.1) is 0 Å². The van der Waals surface area contributed by atoms with E-state index in [4.69, 9.17) is 14.2 Å². The summed E-state index contributed by atoms with van der Waals surface area (Å²) >= 11 is 0. The Labute approximate surface area is 188 Å². The number of esters is 1. The molecule has 32 heavy (non-hydrogen) atoms. The van der Waals surface area contributed by atoms with Crippen LogP contribution in [0.15, 0.2) is 53.7 Å². The number of urea groups is 1. The lowest BCUT2D eigenvalue weighted by atomic mass is 9.87. The third kappa shape index (κ3) is 5.04. The number of carbonyl (C=O) groups is 2. The van der Waals surface area contributed by atoms with Crippen LogP contribution >= 0.6 is 0 Å². The van der Waals surface area contributed by atoms with E-state index in [1.165, 1.54) is 12.7 Å². The summed E-state index contributed by atoms with van der Waals surface area (Å²) in [6, 6.07) is 12.6. The van der Waals surface area contributed by atoms with Gasteiger partial charge in [0.2, 0.25) is 0 Å². The quantitative estimate of drug-likeness (QED) is 0.654.